The van der Waals surface area contributed by atoms with Gasteiger partial charge >= 0.3 is 5.69 Å². The smallest absolute Gasteiger partial charge is 0.311 e. The van der Waals surface area contributed by atoms with Crippen molar-refractivity contribution in [1.82, 2.24) is 4.98 Å². The summed E-state index contributed by atoms with van der Waals surface area (Å²) in [6.45, 7) is 0. The van der Waals surface area contributed by atoms with E-state index in [0.717, 1.165) is 12.3 Å². The van der Waals surface area contributed by atoms with E-state index in [1.54, 1.807) is 0 Å². The number of primary amides is 1. The Morgan fingerprint density at radius 2 is 2.17 bits per heavy atom. The van der Waals surface area contributed by atoms with Crippen molar-refractivity contribution in [3.05, 3.63) is 27.9 Å². The number of amides is 1. The van der Waals surface area contributed by atoms with Crippen LogP contribution in [0.25, 0.3) is 0 Å². The second-order valence-corrected chi connectivity index (χ2v) is 3.61. The monoisotopic (exact) mass is 256 g/mol. The van der Waals surface area contributed by atoms with Gasteiger partial charge in [-0.25, -0.2) is 4.98 Å². The first kappa shape index (κ1) is 13.8. The molecule has 2 unspecified atom stereocenters. The van der Waals surface area contributed by atoms with Crippen molar-refractivity contribution >= 4 is 17.4 Å². The third-order valence-corrected chi connectivity index (χ3v) is 2.23. The zero-order chi connectivity index (χ0) is 13.9. The molecule has 6 N–H and O–H groups in total. The molecule has 1 amide bonds. The molecule has 1 rings (SSSR count). The SMILES string of the molecule is NC(=O)CC(O)C(O)c1cnc(N)c([N+](=O)[O-])c1. The molecular weight excluding hydrogens is 244 g/mol. The summed E-state index contributed by atoms with van der Waals surface area (Å²) in [5.74, 6) is -1.11. The van der Waals surface area contributed by atoms with E-state index < -0.39 is 35.1 Å². The van der Waals surface area contributed by atoms with Crippen molar-refractivity contribution in [1.29, 1.82) is 0 Å². The minimum atomic E-state index is -1.51. The molecule has 0 fully saturated rings. The first-order chi connectivity index (χ1) is 8.32. The van der Waals surface area contributed by atoms with Crippen molar-refractivity contribution < 1.29 is 19.9 Å². The number of nitrogen functional groups attached to an aromatic ring is 1. The van der Waals surface area contributed by atoms with Gasteiger partial charge in [0, 0.05) is 17.8 Å². The summed E-state index contributed by atoms with van der Waals surface area (Å²) < 4.78 is 0. The van der Waals surface area contributed by atoms with Crippen molar-refractivity contribution in [2.24, 2.45) is 5.73 Å². The van der Waals surface area contributed by atoms with E-state index >= 15 is 0 Å². The van der Waals surface area contributed by atoms with Gasteiger partial charge in [-0.3, -0.25) is 14.9 Å². The Labute approximate surface area is 101 Å². The van der Waals surface area contributed by atoms with Crippen LogP contribution in [0, 0.1) is 10.1 Å². The number of hydrogen-bond acceptors (Lipinski definition) is 7. The molecular formula is C9H12N4O5. The normalized spacial score (nSPS) is 13.9. The van der Waals surface area contributed by atoms with Gasteiger partial charge in [0.1, 0.15) is 6.10 Å². The van der Waals surface area contributed by atoms with Gasteiger partial charge in [-0.2, -0.15) is 0 Å². The van der Waals surface area contributed by atoms with E-state index in [1.165, 1.54) is 0 Å². The highest BCUT2D eigenvalue weighted by molar-refractivity contribution is 5.74. The van der Waals surface area contributed by atoms with Crippen LogP contribution in [0.15, 0.2) is 12.3 Å². The number of nitro groups is 1. The van der Waals surface area contributed by atoms with E-state index in [2.05, 4.69) is 4.98 Å². The highest BCUT2D eigenvalue weighted by Crippen LogP contribution is 2.25. The zero-order valence-electron chi connectivity index (χ0n) is 9.18. The van der Waals surface area contributed by atoms with Gasteiger partial charge in [-0.1, -0.05) is 0 Å². The molecule has 1 heterocycles. The molecule has 0 spiro atoms. The number of nitrogens with zero attached hydrogens (tertiary/aromatic N) is 2. The Hall–Kier alpha value is -2.26. The zero-order valence-corrected chi connectivity index (χ0v) is 9.18. The maximum atomic E-state index is 10.6. The molecule has 2 atom stereocenters. The first-order valence-corrected chi connectivity index (χ1v) is 4.87. The van der Waals surface area contributed by atoms with E-state index in [9.17, 15) is 25.1 Å². The van der Waals surface area contributed by atoms with Crippen molar-refractivity contribution in [3.63, 3.8) is 0 Å². The summed E-state index contributed by atoms with van der Waals surface area (Å²) in [4.78, 5) is 24.0. The molecule has 0 saturated carbocycles. The Balaban J connectivity index is 2.99. The van der Waals surface area contributed by atoms with Crippen molar-refractivity contribution in [2.45, 2.75) is 18.6 Å². The maximum absolute atomic E-state index is 10.6. The van der Waals surface area contributed by atoms with E-state index in [-0.39, 0.29) is 11.4 Å². The number of pyridine rings is 1. The number of carbonyl (C=O) groups is 1. The second-order valence-electron chi connectivity index (χ2n) is 3.61. The number of aliphatic hydroxyl groups excluding tert-OH is 2. The first-order valence-electron chi connectivity index (χ1n) is 4.87. The van der Waals surface area contributed by atoms with Crippen LogP contribution in [0.1, 0.15) is 18.1 Å². The molecule has 18 heavy (non-hydrogen) atoms. The van der Waals surface area contributed by atoms with Crippen LogP contribution in [-0.2, 0) is 4.79 Å². The van der Waals surface area contributed by atoms with Gasteiger partial charge in [0.25, 0.3) is 0 Å². The summed E-state index contributed by atoms with van der Waals surface area (Å²) in [6.07, 6.45) is -2.37. The molecule has 0 bridgehead atoms. The number of aliphatic hydroxyl groups is 2. The summed E-state index contributed by atoms with van der Waals surface area (Å²) in [5.41, 5.74) is 9.62. The summed E-state index contributed by atoms with van der Waals surface area (Å²) in [7, 11) is 0. The molecule has 0 aliphatic rings. The van der Waals surface area contributed by atoms with Crippen LogP contribution < -0.4 is 11.5 Å². The molecule has 9 heteroatoms. The number of aromatic nitrogens is 1. The second kappa shape index (κ2) is 5.38. The molecule has 1 aromatic heterocycles. The van der Waals surface area contributed by atoms with Crippen LogP contribution >= 0.6 is 0 Å². The third kappa shape index (κ3) is 3.12. The van der Waals surface area contributed by atoms with E-state index in [4.69, 9.17) is 11.5 Å². The van der Waals surface area contributed by atoms with Crippen LogP contribution in [0.5, 0.6) is 0 Å². The standard InChI is InChI=1S/C9H12N4O5/c10-7(15)2-6(14)8(16)4-1-5(13(17)18)9(11)12-3-4/h1,3,6,8,14,16H,2H2,(H2,10,15)(H2,11,12). The average Bonchev–Trinajstić information content (AvgIpc) is 2.27. The van der Waals surface area contributed by atoms with Gasteiger partial charge in [-0.05, 0) is 0 Å². The van der Waals surface area contributed by atoms with Crippen molar-refractivity contribution in [2.75, 3.05) is 5.73 Å². The topological polar surface area (TPSA) is 166 Å². The minimum absolute atomic E-state index is 0.0235. The molecule has 9 nitrogen and oxygen atoms in total. The molecule has 0 saturated heterocycles. The van der Waals surface area contributed by atoms with Crippen LogP contribution in [0.4, 0.5) is 11.5 Å². The lowest BCUT2D eigenvalue weighted by Crippen LogP contribution is -2.25. The predicted octanol–water partition coefficient (Wildman–Crippen LogP) is -1.16. The molecule has 0 radical (unpaired) electrons. The van der Waals surface area contributed by atoms with Crippen molar-refractivity contribution in [3.8, 4) is 0 Å². The van der Waals surface area contributed by atoms with Gasteiger partial charge in [0.05, 0.1) is 17.4 Å². The predicted molar refractivity (Wildman–Crippen MR) is 60.1 cm³/mol. The number of rotatable bonds is 5. The highest BCUT2D eigenvalue weighted by Gasteiger charge is 2.24. The molecule has 0 aromatic carbocycles. The van der Waals surface area contributed by atoms with Crippen LogP contribution in [0.2, 0.25) is 0 Å². The summed E-state index contributed by atoms with van der Waals surface area (Å²) in [5, 5.41) is 29.7. The summed E-state index contributed by atoms with van der Waals surface area (Å²) in [6, 6.07) is 0.983. The number of hydrogen-bond donors (Lipinski definition) is 4. The Bertz CT molecular complexity index is 478. The van der Waals surface area contributed by atoms with E-state index in [1.807, 2.05) is 0 Å². The highest BCUT2D eigenvalue weighted by atomic mass is 16.6. The van der Waals surface area contributed by atoms with Gasteiger partial charge < -0.3 is 21.7 Å². The molecule has 0 aliphatic heterocycles. The number of carbonyl (C=O) groups excluding carboxylic acids is 1. The quantitative estimate of drug-likeness (QED) is 0.380. The fraction of sp³-hybridized carbons (Fsp3) is 0.333. The van der Waals surface area contributed by atoms with Gasteiger partial charge in [0.15, 0.2) is 0 Å². The van der Waals surface area contributed by atoms with E-state index in [0.29, 0.717) is 0 Å². The summed E-state index contributed by atoms with van der Waals surface area (Å²) >= 11 is 0. The lowest BCUT2D eigenvalue weighted by Gasteiger charge is -2.16. The van der Waals surface area contributed by atoms with Crippen LogP contribution in [0.3, 0.4) is 0 Å². The fourth-order valence-corrected chi connectivity index (χ4v) is 1.33. The molecule has 0 aliphatic carbocycles. The fourth-order valence-electron chi connectivity index (χ4n) is 1.33. The number of nitrogens with two attached hydrogens (primary N) is 2. The largest absolute Gasteiger partial charge is 0.390 e. The van der Waals surface area contributed by atoms with Gasteiger partial charge in [0.2, 0.25) is 11.7 Å². The Kier molecular flexibility index (Phi) is 4.13. The lowest BCUT2D eigenvalue weighted by molar-refractivity contribution is -0.384. The Morgan fingerprint density at radius 3 is 2.67 bits per heavy atom. The lowest BCUT2D eigenvalue weighted by atomic mass is 10.0. The molecule has 1 aromatic rings. The average molecular weight is 256 g/mol. The minimum Gasteiger partial charge on any atom is -0.390 e. The van der Waals surface area contributed by atoms with Gasteiger partial charge in [-0.15, -0.1) is 0 Å². The number of anilines is 1. The van der Waals surface area contributed by atoms with Crippen LogP contribution in [-0.4, -0.2) is 32.1 Å². The molecule has 98 valence electrons. The third-order valence-electron chi connectivity index (χ3n) is 2.23. The Morgan fingerprint density at radius 1 is 1.56 bits per heavy atom. The maximum Gasteiger partial charge on any atom is 0.311 e.